The van der Waals surface area contributed by atoms with Crippen molar-refractivity contribution in [3.63, 3.8) is 0 Å². The van der Waals surface area contributed by atoms with Gasteiger partial charge >= 0.3 is 0 Å². The Hall–Kier alpha value is -1.10. The first kappa shape index (κ1) is 12.4. The van der Waals surface area contributed by atoms with E-state index in [1.165, 1.54) is 25.3 Å². The van der Waals surface area contributed by atoms with Gasteiger partial charge in [0.2, 0.25) is 0 Å². The summed E-state index contributed by atoms with van der Waals surface area (Å²) in [7, 11) is 0. The first-order valence-electron chi connectivity index (χ1n) is 5.84. The van der Waals surface area contributed by atoms with Crippen molar-refractivity contribution < 1.29 is 4.92 Å². The van der Waals surface area contributed by atoms with Crippen molar-refractivity contribution >= 4 is 27.3 Å². The lowest BCUT2D eigenvalue weighted by Crippen LogP contribution is -2.04. The monoisotopic (exact) mass is 298 g/mol. The van der Waals surface area contributed by atoms with Gasteiger partial charge in [0.05, 0.1) is 4.92 Å². The average Bonchev–Trinajstić information content (AvgIpc) is 3.08. The summed E-state index contributed by atoms with van der Waals surface area (Å²) in [6.45, 7) is 0.799. The molecule has 1 aromatic carbocycles. The zero-order chi connectivity index (χ0) is 12.3. The molecule has 0 amide bonds. The van der Waals surface area contributed by atoms with Crippen LogP contribution in [0.3, 0.4) is 0 Å². The topological polar surface area (TPSA) is 55.2 Å². The van der Waals surface area contributed by atoms with Gasteiger partial charge in [-0.25, -0.2) is 0 Å². The zero-order valence-corrected chi connectivity index (χ0v) is 11.1. The smallest absolute Gasteiger partial charge is 0.292 e. The van der Waals surface area contributed by atoms with Gasteiger partial charge in [-0.1, -0.05) is 28.8 Å². The van der Waals surface area contributed by atoms with E-state index in [-0.39, 0.29) is 10.6 Å². The maximum atomic E-state index is 10.8. The van der Waals surface area contributed by atoms with Crippen molar-refractivity contribution in [1.82, 2.24) is 0 Å². The number of benzene rings is 1. The van der Waals surface area contributed by atoms with E-state index in [2.05, 4.69) is 21.2 Å². The molecule has 4 nitrogen and oxygen atoms in total. The molecule has 1 aromatic rings. The SMILES string of the molecule is O=[N+]([O-])c1ccc(Br)cc1NCCCC1CC1. The number of halogens is 1. The van der Waals surface area contributed by atoms with E-state index in [1.54, 1.807) is 12.1 Å². The van der Waals surface area contributed by atoms with Gasteiger partial charge in [-0.2, -0.15) is 0 Å². The molecule has 0 saturated heterocycles. The van der Waals surface area contributed by atoms with Gasteiger partial charge < -0.3 is 5.32 Å². The summed E-state index contributed by atoms with van der Waals surface area (Å²) in [6.07, 6.45) is 5.03. The number of nitrogens with zero attached hydrogens (tertiary/aromatic N) is 1. The first-order chi connectivity index (χ1) is 8.16. The number of nitro groups is 1. The maximum absolute atomic E-state index is 10.8. The summed E-state index contributed by atoms with van der Waals surface area (Å²) < 4.78 is 0.854. The lowest BCUT2D eigenvalue weighted by molar-refractivity contribution is -0.384. The maximum Gasteiger partial charge on any atom is 0.292 e. The van der Waals surface area contributed by atoms with E-state index in [9.17, 15) is 10.1 Å². The van der Waals surface area contributed by atoms with E-state index in [1.807, 2.05) is 0 Å². The Morgan fingerprint density at radius 1 is 1.47 bits per heavy atom. The molecule has 1 fully saturated rings. The zero-order valence-electron chi connectivity index (χ0n) is 9.49. The van der Waals surface area contributed by atoms with Gasteiger partial charge in [0.15, 0.2) is 0 Å². The molecule has 0 aromatic heterocycles. The molecular weight excluding hydrogens is 284 g/mol. The minimum Gasteiger partial charge on any atom is -0.379 e. The Bertz CT molecular complexity index is 419. The number of hydrogen-bond acceptors (Lipinski definition) is 3. The third-order valence-corrected chi connectivity index (χ3v) is 3.45. The van der Waals surface area contributed by atoms with Gasteiger partial charge in [0, 0.05) is 17.1 Å². The molecule has 17 heavy (non-hydrogen) atoms. The summed E-state index contributed by atoms with van der Waals surface area (Å²) in [4.78, 5) is 10.5. The molecule has 0 aliphatic heterocycles. The van der Waals surface area contributed by atoms with Crippen LogP contribution in [0.15, 0.2) is 22.7 Å². The summed E-state index contributed by atoms with van der Waals surface area (Å²) in [5.41, 5.74) is 0.736. The minimum atomic E-state index is -0.352. The Balaban J connectivity index is 1.92. The number of nitrogens with one attached hydrogen (secondary N) is 1. The highest BCUT2D eigenvalue weighted by atomic mass is 79.9. The predicted octanol–water partition coefficient (Wildman–Crippen LogP) is 3.96. The van der Waals surface area contributed by atoms with Gasteiger partial charge in [0.1, 0.15) is 5.69 Å². The normalized spacial score (nSPS) is 14.6. The number of nitro benzene ring substituents is 1. The summed E-state index contributed by atoms with van der Waals surface area (Å²) in [5.74, 6) is 0.911. The quantitative estimate of drug-likeness (QED) is 0.491. The Morgan fingerprint density at radius 2 is 2.24 bits per heavy atom. The van der Waals surface area contributed by atoms with E-state index in [0.29, 0.717) is 5.69 Å². The second-order valence-electron chi connectivity index (χ2n) is 4.43. The summed E-state index contributed by atoms with van der Waals surface area (Å²) in [5, 5.41) is 14.0. The van der Waals surface area contributed by atoms with Crippen LogP contribution < -0.4 is 5.32 Å². The van der Waals surface area contributed by atoms with Crippen LogP contribution in [-0.4, -0.2) is 11.5 Å². The number of anilines is 1. The van der Waals surface area contributed by atoms with Crippen molar-refractivity contribution in [1.29, 1.82) is 0 Å². The minimum absolute atomic E-state index is 0.139. The van der Waals surface area contributed by atoms with Gasteiger partial charge in [-0.3, -0.25) is 10.1 Å². The fraction of sp³-hybridized carbons (Fsp3) is 0.500. The van der Waals surface area contributed by atoms with Crippen LogP contribution in [0.25, 0.3) is 0 Å². The highest BCUT2D eigenvalue weighted by Gasteiger charge is 2.20. The van der Waals surface area contributed by atoms with E-state index >= 15 is 0 Å². The van der Waals surface area contributed by atoms with Crippen LogP contribution in [0, 0.1) is 16.0 Å². The Labute approximate surface area is 109 Å². The molecule has 5 heteroatoms. The predicted molar refractivity (Wildman–Crippen MR) is 71.2 cm³/mol. The third kappa shape index (κ3) is 3.70. The average molecular weight is 299 g/mol. The highest BCUT2D eigenvalue weighted by Crippen LogP contribution is 2.33. The molecule has 0 radical (unpaired) electrons. The van der Waals surface area contributed by atoms with Crippen LogP contribution in [0.1, 0.15) is 25.7 Å². The van der Waals surface area contributed by atoms with Crippen molar-refractivity contribution in [3.8, 4) is 0 Å². The molecule has 1 aliphatic rings. The molecule has 1 saturated carbocycles. The van der Waals surface area contributed by atoms with E-state index in [4.69, 9.17) is 0 Å². The van der Waals surface area contributed by atoms with Crippen LogP contribution in [0.2, 0.25) is 0 Å². The highest BCUT2D eigenvalue weighted by molar-refractivity contribution is 9.10. The first-order valence-corrected chi connectivity index (χ1v) is 6.64. The number of hydrogen-bond donors (Lipinski definition) is 1. The van der Waals surface area contributed by atoms with Crippen molar-refractivity contribution in [2.75, 3.05) is 11.9 Å². The van der Waals surface area contributed by atoms with Gasteiger partial charge in [-0.05, 0) is 30.9 Å². The molecule has 0 atom stereocenters. The molecule has 0 bridgehead atoms. The molecule has 2 rings (SSSR count). The van der Waals surface area contributed by atoms with Gasteiger partial charge in [-0.15, -0.1) is 0 Å². The summed E-state index contributed by atoms with van der Waals surface area (Å²) in [6, 6.07) is 4.97. The molecule has 0 unspecified atom stereocenters. The fourth-order valence-corrected chi connectivity index (χ4v) is 2.19. The molecule has 92 valence electrons. The number of rotatable bonds is 6. The molecule has 0 spiro atoms. The summed E-state index contributed by atoms with van der Waals surface area (Å²) >= 11 is 3.33. The lowest BCUT2D eigenvalue weighted by atomic mass is 10.2. The fourth-order valence-electron chi connectivity index (χ4n) is 1.83. The second kappa shape index (κ2) is 5.49. The standard InChI is InChI=1S/C12H15BrN2O2/c13-10-5-6-12(15(16)17)11(8-10)14-7-1-2-9-3-4-9/h5-6,8-9,14H,1-4,7H2. The van der Waals surface area contributed by atoms with Crippen molar-refractivity contribution in [2.24, 2.45) is 5.92 Å². The molecule has 0 heterocycles. The second-order valence-corrected chi connectivity index (χ2v) is 5.35. The van der Waals surface area contributed by atoms with Crippen LogP contribution in [-0.2, 0) is 0 Å². The van der Waals surface area contributed by atoms with Crippen LogP contribution in [0.4, 0.5) is 11.4 Å². The lowest BCUT2D eigenvalue weighted by Gasteiger charge is -2.07. The molecular formula is C12H15BrN2O2. The van der Waals surface area contributed by atoms with Gasteiger partial charge in [0.25, 0.3) is 5.69 Å². The molecule has 1 aliphatic carbocycles. The van der Waals surface area contributed by atoms with E-state index < -0.39 is 0 Å². The van der Waals surface area contributed by atoms with E-state index in [0.717, 1.165) is 23.4 Å². The van der Waals surface area contributed by atoms with Crippen LogP contribution >= 0.6 is 15.9 Å². The third-order valence-electron chi connectivity index (χ3n) is 2.96. The van der Waals surface area contributed by atoms with Crippen molar-refractivity contribution in [2.45, 2.75) is 25.7 Å². The Morgan fingerprint density at radius 3 is 2.88 bits per heavy atom. The van der Waals surface area contributed by atoms with Crippen molar-refractivity contribution in [3.05, 3.63) is 32.8 Å². The Kier molecular flexibility index (Phi) is 3.99. The molecule has 1 N–H and O–H groups in total. The van der Waals surface area contributed by atoms with Crippen LogP contribution in [0.5, 0.6) is 0 Å². The largest absolute Gasteiger partial charge is 0.379 e.